The second-order valence-electron chi connectivity index (χ2n) is 4.24. The molecule has 1 aromatic rings. The number of nitrogens with zero attached hydrogens (tertiary/aromatic N) is 1. The molecule has 0 aliphatic rings. The molecule has 0 aliphatic heterocycles. The standard InChI is InChI=1S/C13H20FN3O/c1-3-5-17(6-4-2)12-7-9(13(16)18)11(15)8-10(12)14/h7-8H,3-6,15H2,1-2H3,(H2,16,18). The van der Waals surface area contributed by atoms with Gasteiger partial charge in [0.1, 0.15) is 5.82 Å². The zero-order valence-electron chi connectivity index (χ0n) is 10.9. The summed E-state index contributed by atoms with van der Waals surface area (Å²) in [6.07, 6.45) is 1.80. The average molecular weight is 253 g/mol. The van der Waals surface area contributed by atoms with E-state index in [0.29, 0.717) is 5.69 Å². The van der Waals surface area contributed by atoms with Crippen LogP contribution in [0.2, 0.25) is 0 Å². The van der Waals surface area contributed by atoms with E-state index in [9.17, 15) is 9.18 Å². The van der Waals surface area contributed by atoms with Crippen molar-refractivity contribution in [3.63, 3.8) is 0 Å². The summed E-state index contributed by atoms with van der Waals surface area (Å²) in [6.45, 7) is 5.50. The third kappa shape index (κ3) is 3.12. The van der Waals surface area contributed by atoms with Gasteiger partial charge in [0.05, 0.1) is 11.3 Å². The molecule has 4 N–H and O–H groups in total. The first-order valence-corrected chi connectivity index (χ1v) is 6.15. The summed E-state index contributed by atoms with van der Waals surface area (Å²) in [7, 11) is 0. The highest BCUT2D eigenvalue weighted by Crippen LogP contribution is 2.25. The summed E-state index contributed by atoms with van der Waals surface area (Å²) in [5, 5.41) is 0. The maximum Gasteiger partial charge on any atom is 0.250 e. The van der Waals surface area contributed by atoms with Crippen molar-refractivity contribution < 1.29 is 9.18 Å². The SMILES string of the molecule is CCCN(CCC)c1cc(C(N)=O)c(N)cc1F. The molecule has 0 saturated carbocycles. The van der Waals surface area contributed by atoms with Gasteiger partial charge < -0.3 is 16.4 Å². The molecule has 4 nitrogen and oxygen atoms in total. The summed E-state index contributed by atoms with van der Waals surface area (Å²) in [6, 6.07) is 2.60. The number of nitrogen functional groups attached to an aromatic ring is 1. The number of amides is 1. The first kappa shape index (κ1) is 14.3. The number of primary amides is 1. The lowest BCUT2D eigenvalue weighted by Crippen LogP contribution is -2.26. The average Bonchev–Trinajstić information content (AvgIpc) is 2.28. The van der Waals surface area contributed by atoms with Crippen LogP contribution < -0.4 is 16.4 Å². The van der Waals surface area contributed by atoms with Gasteiger partial charge in [0.15, 0.2) is 0 Å². The molecule has 0 radical (unpaired) electrons. The molecule has 0 aliphatic carbocycles. The van der Waals surface area contributed by atoms with Gasteiger partial charge in [-0.15, -0.1) is 0 Å². The molecule has 0 saturated heterocycles. The molecule has 0 bridgehead atoms. The van der Waals surface area contributed by atoms with Gasteiger partial charge in [-0.3, -0.25) is 4.79 Å². The number of benzene rings is 1. The van der Waals surface area contributed by atoms with Crippen molar-refractivity contribution in [1.29, 1.82) is 0 Å². The highest BCUT2D eigenvalue weighted by Gasteiger charge is 2.15. The Kier molecular flexibility index (Phi) is 4.95. The van der Waals surface area contributed by atoms with Crippen molar-refractivity contribution in [3.05, 3.63) is 23.5 Å². The second-order valence-corrected chi connectivity index (χ2v) is 4.24. The predicted molar refractivity (Wildman–Crippen MR) is 72.1 cm³/mol. The lowest BCUT2D eigenvalue weighted by atomic mass is 10.1. The van der Waals surface area contributed by atoms with E-state index in [1.54, 1.807) is 0 Å². The summed E-state index contributed by atoms with van der Waals surface area (Å²) >= 11 is 0. The molecule has 5 heteroatoms. The molecule has 0 aromatic heterocycles. The summed E-state index contributed by atoms with van der Waals surface area (Å²) in [5.41, 5.74) is 11.4. The topological polar surface area (TPSA) is 72.3 Å². The molecule has 0 spiro atoms. The Morgan fingerprint density at radius 1 is 1.28 bits per heavy atom. The molecule has 1 aromatic carbocycles. The third-order valence-electron chi connectivity index (χ3n) is 2.71. The molecule has 100 valence electrons. The largest absolute Gasteiger partial charge is 0.398 e. The monoisotopic (exact) mass is 253 g/mol. The van der Waals surface area contributed by atoms with Crippen molar-refractivity contribution >= 4 is 17.3 Å². The van der Waals surface area contributed by atoms with Crippen LogP contribution in [-0.2, 0) is 0 Å². The summed E-state index contributed by atoms with van der Waals surface area (Å²) < 4.78 is 13.9. The van der Waals surface area contributed by atoms with Gasteiger partial charge in [0.25, 0.3) is 5.91 Å². The molecule has 1 rings (SSSR count). The number of carbonyl (C=O) groups excluding carboxylic acids is 1. The van der Waals surface area contributed by atoms with Crippen LogP contribution in [-0.4, -0.2) is 19.0 Å². The van der Waals surface area contributed by atoms with Gasteiger partial charge in [-0.2, -0.15) is 0 Å². The van der Waals surface area contributed by atoms with E-state index in [0.717, 1.165) is 32.0 Å². The second kappa shape index (κ2) is 6.23. The number of halogens is 1. The Balaban J connectivity index is 3.20. The quantitative estimate of drug-likeness (QED) is 0.763. The fourth-order valence-corrected chi connectivity index (χ4v) is 1.93. The number of hydrogen-bond acceptors (Lipinski definition) is 3. The summed E-state index contributed by atoms with van der Waals surface area (Å²) in [5.74, 6) is -1.05. The highest BCUT2D eigenvalue weighted by atomic mass is 19.1. The fourth-order valence-electron chi connectivity index (χ4n) is 1.93. The third-order valence-corrected chi connectivity index (χ3v) is 2.71. The lowest BCUT2D eigenvalue weighted by Gasteiger charge is -2.25. The maximum atomic E-state index is 13.9. The van der Waals surface area contributed by atoms with E-state index in [-0.39, 0.29) is 11.3 Å². The Labute approximate surface area is 107 Å². The van der Waals surface area contributed by atoms with Gasteiger partial charge in [-0.05, 0) is 25.0 Å². The molecule has 0 fully saturated rings. The number of hydrogen-bond donors (Lipinski definition) is 2. The van der Waals surface area contributed by atoms with Gasteiger partial charge in [0.2, 0.25) is 0 Å². The molecule has 0 heterocycles. The molecule has 1 amide bonds. The first-order chi connectivity index (χ1) is 8.51. The zero-order chi connectivity index (χ0) is 13.7. The Hall–Kier alpha value is -1.78. The minimum absolute atomic E-state index is 0.0803. The van der Waals surface area contributed by atoms with Gasteiger partial charge >= 0.3 is 0 Å². The minimum atomic E-state index is -0.637. The van der Waals surface area contributed by atoms with Crippen LogP contribution in [0.5, 0.6) is 0 Å². The smallest absolute Gasteiger partial charge is 0.250 e. The first-order valence-electron chi connectivity index (χ1n) is 6.15. The maximum absolute atomic E-state index is 13.9. The van der Waals surface area contributed by atoms with Crippen LogP contribution in [0.1, 0.15) is 37.0 Å². The molecular weight excluding hydrogens is 233 g/mol. The molecule has 18 heavy (non-hydrogen) atoms. The van der Waals surface area contributed by atoms with Crippen LogP contribution in [0.3, 0.4) is 0 Å². The van der Waals surface area contributed by atoms with Crippen molar-refractivity contribution in [3.8, 4) is 0 Å². The Bertz CT molecular complexity index is 428. The van der Waals surface area contributed by atoms with Gasteiger partial charge in [0, 0.05) is 18.8 Å². The number of nitrogens with two attached hydrogens (primary N) is 2. The molecular formula is C13H20FN3O. The van der Waals surface area contributed by atoms with E-state index in [2.05, 4.69) is 0 Å². The van der Waals surface area contributed by atoms with Crippen LogP contribution >= 0.6 is 0 Å². The minimum Gasteiger partial charge on any atom is -0.398 e. The Morgan fingerprint density at radius 2 is 1.83 bits per heavy atom. The zero-order valence-corrected chi connectivity index (χ0v) is 10.9. The van der Waals surface area contributed by atoms with E-state index < -0.39 is 11.7 Å². The van der Waals surface area contributed by atoms with Crippen LogP contribution in [0, 0.1) is 5.82 Å². The van der Waals surface area contributed by atoms with Crippen molar-refractivity contribution in [2.75, 3.05) is 23.7 Å². The van der Waals surface area contributed by atoms with Gasteiger partial charge in [-0.25, -0.2) is 4.39 Å². The number of rotatable bonds is 6. The van der Waals surface area contributed by atoms with E-state index in [1.165, 1.54) is 6.07 Å². The van der Waals surface area contributed by atoms with Crippen LogP contribution in [0.25, 0.3) is 0 Å². The molecule has 0 atom stereocenters. The molecule has 0 unspecified atom stereocenters. The number of carbonyl (C=O) groups is 1. The fraction of sp³-hybridized carbons (Fsp3) is 0.462. The van der Waals surface area contributed by atoms with E-state index >= 15 is 0 Å². The Morgan fingerprint density at radius 3 is 2.28 bits per heavy atom. The van der Waals surface area contributed by atoms with Gasteiger partial charge in [-0.1, -0.05) is 13.8 Å². The van der Waals surface area contributed by atoms with Crippen LogP contribution in [0.4, 0.5) is 15.8 Å². The van der Waals surface area contributed by atoms with Crippen molar-refractivity contribution in [2.24, 2.45) is 5.73 Å². The number of anilines is 2. The lowest BCUT2D eigenvalue weighted by molar-refractivity contribution is 0.100. The normalized spacial score (nSPS) is 10.4. The van der Waals surface area contributed by atoms with Crippen LogP contribution in [0.15, 0.2) is 12.1 Å². The van der Waals surface area contributed by atoms with Crippen molar-refractivity contribution in [2.45, 2.75) is 26.7 Å². The summed E-state index contributed by atoms with van der Waals surface area (Å²) in [4.78, 5) is 13.1. The highest BCUT2D eigenvalue weighted by molar-refractivity contribution is 5.99. The van der Waals surface area contributed by atoms with Crippen molar-refractivity contribution in [1.82, 2.24) is 0 Å². The van der Waals surface area contributed by atoms with E-state index in [1.807, 2.05) is 18.7 Å². The van der Waals surface area contributed by atoms with E-state index in [4.69, 9.17) is 11.5 Å². The predicted octanol–water partition coefficient (Wildman–Crippen LogP) is 2.13.